The fourth-order valence-electron chi connectivity index (χ4n) is 3.62. The molecule has 0 unspecified atom stereocenters. The highest BCUT2D eigenvalue weighted by Gasteiger charge is 2.21. The van der Waals surface area contributed by atoms with Gasteiger partial charge in [0.25, 0.3) is 0 Å². The van der Waals surface area contributed by atoms with E-state index in [1.165, 1.54) is 24.0 Å². The summed E-state index contributed by atoms with van der Waals surface area (Å²) in [6.07, 6.45) is 10.6. The molecule has 1 aliphatic carbocycles. The molecule has 0 aromatic heterocycles. The average Bonchev–Trinajstić information content (AvgIpc) is 2.99. The Labute approximate surface area is 143 Å². The van der Waals surface area contributed by atoms with Gasteiger partial charge < -0.3 is 10.6 Å². The van der Waals surface area contributed by atoms with Crippen molar-refractivity contribution in [3.05, 3.63) is 39.9 Å². The first kappa shape index (κ1) is 16.5. The Morgan fingerprint density at radius 1 is 1.26 bits per heavy atom. The molecule has 2 aliphatic rings. The van der Waals surface area contributed by atoms with Crippen molar-refractivity contribution in [3.8, 4) is 0 Å². The third kappa shape index (κ3) is 4.15. The van der Waals surface area contributed by atoms with Gasteiger partial charge in [0.2, 0.25) is 5.91 Å². The Balaban J connectivity index is 1.63. The van der Waals surface area contributed by atoms with Crippen molar-refractivity contribution in [1.82, 2.24) is 10.6 Å². The lowest BCUT2D eigenvalue weighted by atomic mass is 9.96. The van der Waals surface area contributed by atoms with Crippen molar-refractivity contribution in [2.24, 2.45) is 5.92 Å². The Hall–Kier alpha value is -1.32. The second kappa shape index (κ2) is 7.98. The van der Waals surface area contributed by atoms with Gasteiger partial charge in [-0.3, -0.25) is 4.79 Å². The van der Waals surface area contributed by atoms with E-state index in [9.17, 15) is 4.79 Å². The highest BCUT2D eigenvalue weighted by Crippen LogP contribution is 2.27. The molecule has 1 heterocycles. The van der Waals surface area contributed by atoms with Crippen LogP contribution in [-0.2, 0) is 17.6 Å². The van der Waals surface area contributed by atoms with Crippen LogP contribution in [0.1, 0.15) is 42.4 Å². The largest absolute Gasteiger partial charge is 0.352 e. The van der Waals surface area contributed by atoms with E-state index in [4.69, 9.17) is 11.6 Å². The number of carbonyl (C=O) groups excluding carboxylic acids is 1. The first-order valence-corrected chi connectivity index (χ1v) is 9.08. The molecule has 0 atom stereocenters. The molecule has 1 aliphatic heterocycles. The Bertz CT molecular complexity index is 591. The van der Waals surface area contributed by atoms with Crippen LogP contribution in [-0.4, -0.2) is 25.5 Å². The van der Waals surface area contributed by atoms with Gasteiger partial charge in [-0.15, -0.1) is 0 Å². The zero-order valence-electron chi connectivity index (χ0n) is 13.5. The van der Waals surface area contributed by atoms with E-state index in [1.807, 2.05) is 12.1 Å². The lowest BCUT2D eigenvalue weighted by Gasteiger charge is -2.12. The molecule has 1 saturated carbocycles. The number of benzene rings is 1. The summed E-state index contributed by atoms with van der Waals surface area (Å²) in [7, 11) is 0. The SMILES string of the molecule is O=C(NCC=Cc1c(Cl)ccc2c1CCNCC2)C1CCCC1. The van der Waals surface area contributed by atoms with Gasteiger partial charge in [-0.25, -0.2) is 0 Å². The normalized spacial score (nSPS) is 18.8. The second-order valence-electron chi connectivity index (χ2n) is 6.48. The third-order valence-corrected chi connectivity index (χ3v) is 5.26. The molecule has 0 saturated heterocycles. The number of carbonyl (C=O) groups is 1. The number of amides is 1. The van der Waals surface area contributed by atoms with Gasteiger partial charge >= 0.3 is 0 Å². The van der Waals surface area contributed by atoms with E-state index in [0.29, 0.717) is 6.54 Å². The van der Waals surface area contributed by atoms with Gasteiger partial charge in [-0.2, -0.15) is 0 Å². The van der Waals surface area contributed by atoms with Crippen LogP contribution in [0, 0.1) is 5.92 Å². The number of hydrogen-bond acceptors (Lipinski definition) is 2. The van der Waals surface area contributed by atoms with Crippen LogP contribution < -0.4 is 10.6 Å². The smallest absolute Gasteiger partial charge is 0.223 e. The fraction of sp³-hybridized carbons (Fsp3) is 0.526. The lowest BCUT2D eigenvalue weighted by molar-refractivity contribution is -0.124. The minimum Gasteiger partial charge on any atom is -0.352 e. The molecule has 0 spiro atoms. The van der Waals surface area contributed by atoms with Crippen molar-refractivity contribution in [3.63, 3.8) is 0 Å². The number of halogens is 1. The molecule has 1 aromatic carbocycles. The molecule has 1 fully saturated rings. The monoisotopic (exact) mass is 332 g/mol. The van der Waals surface area contributed by atoms with E-state index in [0.717, 1.165) is 49.4 Å². The Kier molecular flexibility index (Phi) is 5.74. The van der Waals surface area contributed by atoms with Crippen LogP contribution in [0.2, 0.25) is 5.02 Å². The van der Waals surface area contributed by atoms with Crippen molar-refractivity contribution in [2.45, 2.75) is 38.5 Å². The van der Waals surface area contributed by atoms with Crippen LogP contribution >= 0.6 is 11.6 Å². The summed E-state index contributed by atoms with van der Waals surface area (Å²) < 4.78 is 0. The molecule has 0 bridgehead atoms. The quantitative estimate of drug-likeness (QED) is 0.887. The second-order valence-corrected chi connectivity index (χ2v) is 6.88. The number of hydrogen-bond donors (Lipinski definition) is 2. The predicted molar refractivity (Wildman–Crippen MR) is 95.7 cm³/mol. The number of rotatable bonds is 4. The summed E-state index contributed by atoms with van der Waals surface area (Å²) in [5.74, 6) is 0.431. The first-order chi connectivity index (χ1) is 11.3. The standard InChI is InChI=1S/C19H25ClN2O/c20-18-8-7-14-9-12-21-13-10-16(14)17(18)6-3-11-22-19(23)15-4-1-2-5-15/h3,6-8,15,21H,1-2,4-5,9-13H2,(H,22,23). The van der Waals surface area contributed by atoms with E-state index in [2.05, 4.69) is 22.8 Å². The van der Waals surface area contributed by atoms with Crippen LogP contribution in [0.15, 0.2) is 18.2 Å². The highest BCUT2D eigenvalue weighted by molar-refractivity contribution is 6.32. The van der Waals surface area contributed by atoms with Crippen molar-refractivity contribution < 1.29 is 4.79 Å². The lowest BCUT2D eigenvalue weighted by Crippen LogP contribution is -2.29. The Morgan fingerprint density at radius 3 is 2.87 bits per heavy atom. The molecule has 3 nitrogen and oxygen atoms in total. The summed E-state index contributed by atoms with van der Waals surface area (Å²) in [4.78, 5) is 12.0. The van der Waals surface area contributed by atoms with Crippen LogP contribution in [0.4, 0.5) is 0 Å². The molecular formula is C19H25ClN2O. The predicted octanol–water partition coefficient (Wildman–Crippen LogP) is 3.35. The molecule has 124 valence electrons. The molecule has 3 rings (SSSR count). The first-order valence-electron chi connectivity index (χ1n) is 8.71. The maximum Gasteiger partial charge on any atom is 0.223 e. The van der Waals surface area contributed by atoms with E-state index in [-0.39, 0.29) is 11.8 Å². The summed E-state index contributed by atoms with van der Waals surface area (Å²) in [6.45, 7) is 2.59. The number of fused-ring (bicyclic) bond motifs is 1. The van der Waals surface area contributed by atoms with Gasteiger partial charge in [0.05, 0.1) is 0 Å². The summed E-state index contributed by atoms with van der Waals surface area (Å²) >= 11 is 6.40. The zero-order valence-corrected chi connectivity index (χ0v) is 14.3. The zero-order chi connectivity index (χ0) is 16.1. The van der Waals surface area contributed by atoms with Gasteiger partial charge in [0, 0.05) is 17.5 Å². The molecule has 4 heteroatoms. The minimum atomic E-state index is 0.203. The topological polar surface area (TPSA) is 41.1 Å². The molecule has 0 radical (unpaired) electrons. The third-order valence-electron chi connectivity index (χ3n) is 4.93. The van der Waals surface area contributed by atoms with Gasteiger partial charge in [0.1, 0.15) is 0 Å². The van der Waals surface area contributed by atoms with Crippen molar-refractivity contribution in [2.75, 3.05) is 19.6 Å². The maximum absolute atomic E-state index is 12.0. The molecule has 1 amide bonds. The Morgan fingerprint density at radius 2 is 2.04 bits per heavy atom. The molecule has 23 heavy (non-hydrogen) atoms. The number of nitrogens with one attached hydrogen (secondary N) is 2. The molecule has 1 aromatic rings. The van der Waals surface area contributed by atoms with Crippen LogP contribution in [0.25, 0.3) is 6.08 Å². The maximum atomic E-state index is 12.0. The van der Waals surface area contributed by atoms with E-state index in [1.54, 1.807) is 0 Å². The van der Waals surface area contributed by atoms with Gasteiger partial charge in [-0.05, 0) is 61.5 Å². The van der Waals surface area contributed by atoms with Gasteiger partial charge in [-0.1, -0.05) is 42.7 Å². The minimum absolute atomic E-state index is 0.203. The summed E-state index contributed by atoms with van der Waals surface area (Å²) in [6, 6.07) is 4.13. The summed E-state index contributed by atoms with van der Waals surface area (Å²) in [5.41, 5.74) is 3.85. The average molecular weight is 333 g/mol. The fourth-order valence-corrected chi connectivity index (χ4v) is 3.86. The molecular weight excluding hydrogens is 308 g/mol. The van der Waals surface area contributed by atoms with E-state index >= 15 is 0 Å². The van der Waals surface area contributed by atoms with Crippen molar-refractivity contribution >= 4 is 23.6 Å². The van der Waals surface area contributed by atoms with Crippen LogP contribution in [0.5, 0.6) is 0 Å². The highest BCUT2D eigenvalue weighted by atomic mass is 35.5. The molecule has 2 N–H and O–H groups in total. The van der Waals surface area contributed by atoms with Crippen LogP contribution in [0.3, 0.4) is 0 Å². The summed E-state index contributed by atoms with van der Waals surface area (Å²) in [5, 5.41) is 7.25. The van der Waals surface area contributed by atoms with Crippen molar-refractivity contribution in [1.29, 1.82) is 0 Å². The van der Waals surface area contributed by atoms with E-state index < -0.39 is 0 Å². The van der Waals surface area contributed by atoms with Gasteiger partial charge in [0.15, 0.2) is 0 Å².